The van der Waals surface area contributed by atoms with Gasteiger partial charge in [-0.25, -0.2) is 4.98 Å². The lowest BCUT2D eigenvalue weighted by atomic mass is 10.0. The van der Waals surface area contributed by atoms with E-state index in [4.69, 9.17) is 4.42 Å². The molecular weight excluding hydrogens is 320 g/mol. The molecule has 1 amide bonds. The quantitative estimate of drug-likeness (QED) is 0.822. The van der Waals surface area contributed by atoms with E-state index < -0.39 is 0 Å². The lowest BCUT2D eigenvalue weighted by Crippen LogP contribution is -2.42. The molecule has 0 bridgehead atoms. The van der Waals surface area contributed by atoms with Crippen molar-refractivity contribution in [1.29, 1.82) is 0 Å². The van der Waals surface area contributed by atoms with E-state index in [1.807, 2.05) is 18.1 Å². The Kier molecular flexibility index (Phi) is 5.29. The van der Waals surface area contributed by atoms with Crippen molar-refractivity contribution in [2.45, 2.75) is 44.4 Å². The third-order valence-corrected chi connectivity index (χ3v) is 5.55. The van der Waals surface area contributed by atoms with Crippen LogP contribution < -0.4 is 0 Å². The van der Waals surface area contributed by atoms with E-state index in [0.717, 1.165) is 37.1 Å². The number of hydrogen-bond donors (Lipinski definition) is 0. The van der Waals surface area contributed by atoms with Gasteiger partial charge in [-0.3, -0.25) is 4.79 Å². The van der Waals surface area contributed by atoms with Crippen molar-refractivity contribution in [2.75, 3.05) is 12.8 Å². The van der Waals surface area contributed by atoms with Crippen LogP contribution in [0.5, 0.6) is 0 Å². The maximum atomic E-state index is 12.7. The summed E-state index contributed by atoms with van der Waals surface area (Å²) in [5, 5.41) is -0.0304. The highest BCUT2D eigenvalue weighted by atomic mass is 32.2. The zero-order valence-corrected chi connectivity index (χ0v) is 15.3. The van der Waals surface area contributed by atoms with Crippen LogP contribution in [-0.2, 0) is 4.79 Å². The summed E-state index contributed by atoms with van der Waals surface area (Å²) in [7, 11) is 0. The van der Waals surface area contributed by atoms with Crippen LogP contribution in [0.1, 0.15) is 43.7 Å². The average Bonchev–Trinajstić information content (AvgIpc) is 3.11. The highest BCUT2D eigenvalue weighted by Crippen LogP contribution is 2.33. The fourth-order valence-corrected chi connectivity index (χ4v) is 3.42. The van der Waals surface area contributed by atoms with Crippen LogP contribution in [-0.4, -0.2) is 33.8 Å². The number of nitrogens with zero attached hydrogens (tertiary/aromatic N) is 2. The molecule has 2 aromatic rings. The first-order valence-electron chi connectivity index (χ1n) is 8.46. The van der Waals surface area contributed by atoms with Gasteiger partial charge >= 0.3 is 0 Å². The molecule has 4 nitrogen and oxygen atoms in total. The number of aryl methyl sites for hydroxylation is 1. The van der Waals surface area contributed by atoms with Crippen molar-refractivity contribution in [3.8, 4) is 11.3 Å². The molecule has 5 heteroatoms. The Morgan fingerprint density at radius 2 is 2.08 bits per heavy atom. The molecule has 2 unspecified atom stereocenters. The van der Waals surface area contributed by atoms with Gasteiger partial charge in [-0.15, -0.1) is 0 Å². The Bertz CT molecular complexity index is 696. The Labute approximate surface area is 147 Å². The van der Waals surface area contributed by atoms with Gasteiger partial charge in [-0.05, 0) is 39.4 Å². The van der Waals surface area contributed by atoms with E-state index >= 15 is 0 Å². The molecule has 0 N–H and O–H groups in total. The van der Waals surface area contributed by atoms with Gasteiger partial charge in [-0.2, -0.15) is 11.8 Å². The molecule has 1 fully saturated rings. The zero-order valence-electron chi connectivity index (χ0n) is 14.5. The minimum Gasteiger partial charge on any atom is -0.446 e. The monoisotopic (exact) mass is 344 g/mol. The van der Waals surface area contributed by atoms with E-state index in [2.05, 4.69) is 36.2 Å². The Hall–Kier alpha value is -1.75. The number of carbonyl (C=O) groups is 1. The largest absolute Gasteiger partial charge is 0.446 e. The van der Waals surface area contributed by atoms with Crippen molar-refractivity contribution in [2.24, 2.45) is 0 Å². The van der Waals surface area contributed by atoms with Crippen LogP contribution in [0.15, 0.2) is 34.9 Å². The molecule has 128 valence electrons. The number of hydrogen-bond acceptors (Lipinski definition) is 4. The second-order valence-corrected chi connectivity index (χ2v) is 7.54. The molecule has 2 atom stereocenters. The second kappa shape index (κ2) is 7.43. The summed E-state index contributed by atoms with van der Waals surface area (Å²) in [6.45, 7) is 4.82. The molecule has 0 saturated carbocycles. The minimum atomic E-state index is -0.0416. The number of oxazole rings is 1. The molecule has 0 spiro atoms. The van der Waals surface area contributed by atoms with Crippen LogP contribution in [0.2, 0.25) is 0 Å². The van der Waals surface area contributed by atoms with E-state index in [9.17, 15) is 4.79 Å². The van der Waals surface area contributed by atoms with Gasteiger partial charge in [0.25, 0.3) is 0 Å². The van der Waals surface area contributed by atoms with Gasteiger partial charge in [0, 0.05) is 12.1 Å². The van der Waals surface area contributed by atoms with Crippen molar-refractivity contribution < 1.29 is 9.21 Å². The van der Waals surface area contributed by atoms with Gasteiger partial charge in [-0.1, -0.05) is 29.8 Å². The number of rotatable bonds is 4. The molecule has 0 radical (unpaired) electrons. The number of carbonyl (C=O) groups excluding carboxylic acids is 1. The summed E-state index contributed by atoms with van der Waals surface area (Å²) in [4.78, 5) is 19.3. The van der Waals surface area contributed by atoms with Gasteiger partial charge in [0.05, 0.1) is 5.25 Å². The highest BCUT2D eigenvalue weighted by molar-refractivity contribution is 7.99. The van der Waals surface area contributed by atoms with Crippen LogP contribution in [0.25, 0.3) is 11.3 Å². The number of amides is 1. The van der Waals surface area contributed by atoms with Crippen LogP contribution >= 0.6 is 11.8 Å². The molecule has 1 saturated heterocycles. The lowest BCUT2D eigenvalue weighted by Gasteiger charge is -2.35. The summed E-state index contributed by atoms with van der Waals surface area (Å²) >= 11 is 1.58. The molecule has 1 aromatic carbocycles. The highest BCUT2D eigenvalue weighted by Gasteiger charge is 2.33. The number of likely N-dealkylation sites (tertiary alicyclic amines) is 1. The average molecular weight is 344 g/mol. The fraction of sp³-hybridized carbons (Fsp3) is 0.474. The number of piperidine rings is 1. The molecule has 24 heavy (non-hydrogen) atoms. The molecule has 3 rings (SSSR count). The first kappa shape index (κ1) is 17.1. The summed E-state index contributed by atoms with van der Waals surface area (Å²) in [6.07, 6.45) is 6.75. The van der Waals surface area contributed by atoms with Crippen molar-refractivity contribution >= 4 is 17.7 Å². The zero-order chi connectivity index (χ0) is 17.1. The SMILES string of the molecule is CSC(C)C(=O)N1CCCCC1c1nc(-c2ccc(C)cc2)co1. The topological polar surface area (TPSA) is 46.3 Å². The molecule has 0 aliphatic carbocycles. The maximum absolute atomic E-state index is 12.7. The van der Waals surface area contributed by atoms with Gasteiger partial charge in [0.1, 0.15) is 18.0 Å². The standard InChI is InChI=1S/C19H24N2O2S/c1-13-7-9-15(10-8-13)16-12-23-18(20-16)17-6-4-5-11-21(17)19(22)14(2)24-3/h7-10,12,14,17H,4-6,11H2,1-3H3. The predicted molar refractivity (Wildman–Crippen MR) is 98.0 cm³/mol. The fourth-order valence-electron chi connectivity index (χ4n) is 3.08. The van der Waals surface area contributed by atoms with Gasteiger partial charge in [0.15, 0.2) is 0 Å². The summed E-state index contributed by atoms with van der Waals surface area (Å²) in [5.74, 6) is 0.842. The third-order valence-electron chi connectivity index (χ3n) is 4.64. The molecular formula is C19H24N2O2S. The number of benzene rings is 1. The van der Waals surface area contributed by atoms with E-state index in [-0.39, 0.29) is 17.2 Å². The normalized spacial score (nSPS) is 19.3. The molecule has 1 aliphatic heterocycles. The third kappa shape index (κ3) is 3.51. The van der Waals surface area contributed by atoms with Gasteiger partial charge in [0.2, 0.25) is 11.8 Å². The lowest BCUT2D eigenvalue weighted by molar-refractivity contribution is -0.134. The Morgan fingerprint density at radius 3 is 2.79 bits per heavy atom. The van der Waals surface area contributed by atoms with Gasteiger partial charge < -0.3 is 9.32 Å². The predicted octanol–water partition coefficient (Wildman–Crippen LogP) is 4.46. The van der Waals surface area contributed by atoms with Crippen molar-refractivity contribution in [3.05, 3.63) is 42.0 Å². The summed E-state index contributed by atoms with van der Waals surface area (Å²) < 4.78 is 5.77. The Morgan fingerprint density at radius 1 is 1.33 bits per heavy atom. The van der Waals surface area contributed by atoms with Crippen molar-refractivity contribution in [1.82, 2.24) is 9.88 Å². The number of aromatic nitrogens is 1. The smallest absolute Gasteiger partial charge is 0.236 e. The minimum absolute atomic E-state index is 0.0304. The first-order chi connectivity index (χ1) is 11.6. The number of thioether (sulfide) groups is 1. The van der Waals surface area contributed by atoms with E-state index in [1.165, 1.54) is 5.56 Å². The summed E-state index contributed by atoms with van der Waals surface area (Å²) in [5.41, 5.74) is 3.10. The maximum Gasteiger partial charge on any atom is 0.236 e. The molecule has 2 heterocycles. The second-order valence-electron chi connectivity index (χ2n) is 6.36. The van der Waals surface area contributed by atoms with Crippen LogP contribution in [0, 0.1) is 6.92 Å². The first-order valence-corrected chi connectivity index (χ1v) is 9.74. The summed E-state index contributed by atoms with van der Waals surface area (Å²) in [6, 6.07) is 8.20. The van der Waals surface area contributed by atoms with E-state index in [0.29, 0.717) is 5.89 Å². The Balaban J connectivity index is 1.84. The van der Waals surface area contributed by atoms with Crippen LogP contribution in [0.3, 0.4) is 0 Å². The molecule has 1 aliphatic rings. The molecule has 1 aromatic heterocycles. The van der Waals surface area contributed by atoms with Crippen LogP contribution in [0.4, 0.5) is 0 Å². The van der Waals surface area contributed by atoms with E-state index in [1.54, 1.807) is 18.0 Å². The van der Waals surface area contributed by atoms with Crippen molar-refractivity contribution in [3.63, 3.8) is 0 Å².